The Kier molecular flexibility index (Phi) is 4.22. The molecular weight excluding hydrogens is 232 g/mol. The topological polar surface area (TPSA) is 69.6 Å². The summed E-state index contributed by atoms with van der Waals surface area (Å²) in [6.07, 6.45) is 1.55. The van der Waals surface area contributed by atoms with E-state index in [2.05, 4.69) is 14.9 Å². The number of rotatable bonds is 4. The van der Waals surface area contributed by atoms with Gasteiger partial charge in [-0.15, -0.1) is 0 Å². The third-order valence-corrected chi connectivity index (χ3v) is 3.01. The van der Waals surface area contributed by atoms with Gasteiger partial charge in [0, 0.05) is 31.9 Å². The molecular formula is C12H18N4O2. The lowest BCUT2D eigenvalue weighted by molar-refractivity contribution is -0.136. The molecule has 1 aliphatic rings. The van der Waals surface area contributed by atoms with E-state index in [0.717, 1.165) is 17.9 Å². The highest BCUT2D eigenvalue weighted by molar-refractivity contribution is 5.79. The van der Waals surface area contributed by atoms with Gasteiger partial charge in [0.05, 0.1) is 18.8 Å². The van der Waals surface area contributed by atoms with Crippen molar-refractivity contribution in [1.29, 1.82) is 0 Å². The SMILES string of the molecule is Cc1cc(CN2CCN(CCO)C(=O)C2)ncn1. The number of hydrogen-bond donors (Lipinski definition) is 1. The molecule has 2 rings (SSSR count). The zero-order valence-corrected chi connectivity index (χ0v) is 10.5. The van der Waals surface area contributed by atoms with Gasteiger partial charge in [0.2, 0.25) is 5.91 Å². The third kappa shape index (κ3) is 3.24. The van der Waals surface area contributed by atoms with Gasteiger partial charge < -0.3 is 10.0 Å². The first-order chi connectivity index (χ1) is 8.69. The van der Waals surface area contributed by atoms with E-state index in [0.29, 0.717) is 26.2 Å². The molecule has 1 aromatic heterocycles. The maximum absolute atomic E-state index is 11.8. The Morgan fingerprint density at radius 3 is 2.89 bits per heavy atom. The summed E-state index contributed by atoms with van der Waals surface area (Å²) >= 11 is 0. The summed E-state index contributed by atoms with van der Waals surface area (Å²) in [6.45, 7) is 4.93. The van der Waals surface area contributed by atoms with Crippen molar-refractivity contribution in [3.05, 3.63) is 23.8 Å². The second kappa shape index (κ2) is 5.88. The standard InChI is InChI=1S/C12H18N4O2/c1-10-6-11(14-9-13-10)7-15-2-3-16(4-5-17)12(18)8-15/h6,9,17H,2-5,7-8H2,1H3. The summed E-state index contributed by atoms with van der Waals surface area (Å²) in [4.78, 5) is 23.8. The Bertz CT molecular complexity index is 424. The lowest BCUT2D eigenvalue weighted by atomic mass is 10.2. The molecule has 6 heteroatoms. The van der Waals surface area contributed by atoms with Gasteiger partial charge in [0.1, 0.15) is 6.33 Å². The van der Waals surface area contributed by atoms with Crippen LogP contribution in [0, 0.1) is 6.92 Å². The molecule has 0 radical (unpaired) electrons. The van der Waals surface area contributed by atoms with E-state index in [1.165, 1.54) is 0 Å². The quantitative estimate of drug-likeness (QED) is 0.774. The van der Waals surface area contributed by atoms with Crippen molar-refractivity contribution in [3.8, 4) is 0 Å². The Morgan fingerprint density at radius 2 is 2.22 bits per heavy atom. The number of aliphatic hydroxyl groups is 1. The van der Waals surface area contributed by atoms with Crippen molar-refractivity contribution < 1.29 is 9.90 Å². The first-order valence-electron chi connectivity index (χ1n) is 6.07. The van der Waals surface area contributed by atoms with Crippen LogP contribution in [-0.2, 0) is 11.3 Å². The van der Waals surface area contributed by atoms with Crippen LogP contribution < -0.4 is 0 Å². The van der Waals surface area contributed by atoms with E-state index >= 15 is 0 Å². The third-order valence-electron chi connectivity index (χ3n) is 3.01. The van der Waals surface area contributed by atoms with E-state index < -0.39 is 0 Å². The van der Waals surface area contributed by atoms with Crippen molar-refractivity contribution >= 4 is 5.91 Å². The summed E-state index contributed by atoms with van der Waals surface area (Å²) < 4.78 is 0. The monoisotopic (exact) mass is 250 g/mol. The maximum Gasteiger partial charge on any atom is 0.236 e. The van der Waals surface area contributed by atoms with Crippen LogP contribution >= 0.6 is 0 Å². The Balaban J connectivity index is 1.91. The summed E-state index contributed by atoms with van der Waals surface area (Å²) in [5.41, 5.74) is 1.87. The van der Waals surface area contributed by atoms with E-state index in [9.17, 15) is 4.79 Å². The van der Waals surface area contributed by atoms with Crippen LogP contribution in [0.3, 0.4) is 0 Å². The van der Waals surface area contributed by atoms with Gasteiger partial charge in [-0.3, -0.25) is 9.69 Å². The smallest absolute Gasteiger partial charge is 0.236 e. The van der Waals surface area contributed by atoms with Crippen LogP contribution in [0.15, 0.2) is 12.4 Å². The molecule has 1 saturated heterocycles. The molecule has 0 bridgehead atoms. The van der Waals surface area contributed by atoms with Crippen molar-refractivity contribution in [2.24, 2.45) is 0 Å². The fourth-order valence-electron chi connectivity index (χ4n) is 2.07. The van der Waals surface area contributed by atoms with E-state index in [-0.39, 0.29) is 12.5 Å². The number of carbonyl (C=O) groups excluding carboxylic acids is 1. The van der Waals surface area contributed by atoms with Gasteiger partial charge in [-0.05, 0) is 13.0 Å². The molecule has 0 unspecified atom stereocenters. The molecule has 0 aromatic carbocycles. The van der Waals surface area contributed by atoms with E-state index in [1.807, 2.05) is 13.0 Å². The van der Waals surface area contributed by atoms with Gasteiger partial charge >= 0.3 is 0 Å². The number of carbonyl (C=O) groups is 1. The minimum atomic E-state index is 0.0246. The molecule has 0 spiro atoms. The predicted molar refractivity (Wildman–Crippen MR) is 65.7 cm³/mol. The number of aliphatic hydroxyl groups excluding tert-OH is 1. The second-order valence-corrected chi connectivity index (χ2v) is 4.47. The Labute approximate surface area is 106 Å². The van der Waals surface area contributed by atoms with Crippen LogP contribution in [0.1, 0.15) is 11.4 Å². The zero-order valence-electron chi connectivity index (χ0n) is 10.5. The maximum atomic E-state index is 11.8. The molecule has 1 amide bonds. The Morgan fingerprint density at radius 1 is 1.39 bits per heavy atom. The molecule has 18 heavy (non-hydrogen) atoms. The van der Waals surface area contributed by atoms with Crippen LogP contribution in [0.25, 0.3) is 0 Å². The molecule has 98 valence electrons. The first-order valence-corrected chi connectivity index (χ1v) is 6.07. The molecule has 2 heterocycles. The number of piperazine rings is 1. The predicted octanol–water partition coefficient (Wildman–Crippen LogP) is -0.578. The highest BCUT2D eigenvalue weighted by Gasteiger charge is 2.23. The number of aromatic nitrogens is 2. The fraction of sp³-hybridized carbons (Fsp3) is 0.583. The van der Waals surface area contributed by atoms with Crippen molar-refractivity contribution in [3.63, 3.8) is 0 Å². The van der Waals surface area contributed by atoms with E-state index in [1.54, 1.807) is 11.2 Å². The first kappa shape index (κ1) is 12.9. The number of aryl methyl sites for hydroxylation is 1. The molecule has 0 saturated carbocycles. The van der Waals surface area contributed by atoms with Gasteiger partial charge in [-0.1, -0.05) is 0 Å². The van der Waals surface area contributed by atoms with Crippen LogP contribution in [0.2, 0.25) is 0 Å². The number of hydrogen-bond acceptors (Lipinski definition) is 5. The molecule has 1 aromatic rings. The molecule has 6 nitrogen and oxygen atoms in total. The van der Waals surface area contributed by atoms with Crippen molar-refractivity contribution in [2.45, 2.75) is 13.5 Å². The zero-order chi connectivity index (χ0) is 13.0. The lowest BCUT2D eigenvalue weighted by Gasteiger charge is -2.33. The molecule has 1 aliphatic heterocycles. The van der Waals surface area contributed by atoms with Gasteiger partial charge in [-0.25, -0.2) is 9.97 Å². The molecule has 0 aliphatic carbocycles. The summed E-state index contributed by atoms with van der Waals surface area (Å²) in [6, 6.07) is 1.94. The normalized spacial score (nSPS) is 17.2. The summed E-state index contributed by atoms with van der Waals surface area (Å²) in [5, 5.41) is 8.84. The molecule has 1 fully saturated rings. The molecule has 1 N–H and O–H groups in total. The van der Waals surface area contributed by atoms with Crippen LogP contribution in [0.4, 0.5) is 0 Å². The fourth-order valence-corrected chi connectivity index (χ4v) is 2.07. The average molecular weight is 250 g/mol. The summed E-state index contributed by atoms with van der Waals surface area (Å²) in [7, 11) is 0. The van der Waals surface area contributed by atoms with Gasteiger partial charge in [0.25, 0.3) is 0 Å². The van der Waals surface area contributed by atoms with Crippen LogP contribution in [-0.4, -0.2) is 63.6 Å². The highest BCUT2D eigenvalue weighted by atomic mass is 16.3. The largest absolute Gasteiger partial charge is 0.395 e. The van der Waals surface area contributed by atoms with Crippen molar-refractivity contribution in [2.75, 3.05) is 32.8 Å². The van der Waals surface area contributed by atoms with Gasteiger partial charge in [0.15, 0.2) is 0 Å². The van der Waals surface area contributed by atoms with E-state index in [4.69, 9.17) is 5.11 Å². The van der Waals surface area contributed by atoms with Crippen LogP contribution in [0.5, 0.6) is 0 Å². The summed E-state index contributed by atoms with van der Waals surface area (Å²) in [5.74, 6) is 0.0704. The Hall–Kier alpha value is -1.53. The lowest BCUT2D eigenvalue weighted by Crippen LogP contribution is -2.50. The average Bonchev–Trinajstić information content (AvgIpc) is 2.33. The van der Waals surface area contributed by atoms with Gasteiger partial charge in [-0.2, -0.15) is 0 Å². The minimum absolute atomic E-state index is 0.0246. The second-order valence-electron chi connectivity index (χ2n) is 4.47. The number of β-amino-alcohol motifs (C(OH)–C–C–N with tert-alkyl or cyclic N) is 1. The molecule has 0 atom stereocenters. The number of amides is 1. The number of nitrogens with zero attached hydrogens (tertiary/aromatic N) is 4. The minimum Gasteiger partial charge on any atom is -0.395 e. The highest BCUT2D eigenvalue weighted by Crippen LogP contribution is 2.07. The van der Waals surface area contributed by atoms with Crippen molar-refractivity contribution in [1.82, 2.24) is 19.8 Å².